The Balaban J connectivity index is 1.97. The summed E-state index contributed by atoms with van der Waals surface area (Å²) in [5.41, 5.74) is 2.80. The third-order valence-corrected chi connectivity index (χ3v) is 4.29. The highest BCUT2D eigenvalue weighted by Gasteiger charge is 2.20. The van der Waals surface area contributed by atoms with Crippen molar-refractivity contribution in [3.05, 3.63) is 60.7 Å². The number of benzene rings is 2. The molecule has 0 bridgehead atoms. The fourth-order valence-electron chi connectivity index (χ4n) is 3.05. The molecule has 0 aliphatic heterocycles. The van der Waals surface area contributed by atoms with Crippen molar-refractivity contribution in [1.29, 1.82) is 0 Å². The maximum Gasteiger partial charge on any atom is 0.416 e. The summed E-state index contributed by atoms with van der Waals surface area (Å²) in [6.07, 6.45) is -1.10. The molecule has 4 aromatic rings. The van der Waals surface area contributed by atoms with Crippen LogP contribution in [0, 0.1) is 0 Å². The van der Waals surface area contributed by atoms with Crippen molar-refractivity contribution >= 4 is 17.0 Å². The number of aromatic hydroxyl groups is 1. The van der Waals surface area contributed by atoms with Crippen molar-refractivity contribution < 1.29 is 19.7 Å². The molecule has 0 atom stereocenters. The van der Waals surface area contributed by atoms with Crippen molar-refractivity contribution in [1.82, 2.24) is 14.8 Å². The van der Waals surface area contributed by atoms with Crippen LogP contribution in [-0.2, 0) is 0 Å². The third-order valence-electron chi connectivity index (χ3n) is 4.29. The minimum atomic E-state index is -1.10. The average Bonchev–Trinajstić information content (AvgIpc) is 3.07. The van der Waals surface area contributed by atoms with Gasteiger partial charge in [-0.2, -0.15) is 0 Å². The van der Waals surface area contributed by atoms with E-state index in [1.54, 1.807) is 48.5 Å². The number of methoxy groups -OCH3 is 1. The van der Waals surface area contributed by atoms with E-state index in [0.717, 1.165) is 10.9 Å². The zero-order valence-corrected chi connectivity index (χ0v) is 14.3. The number of nitrogens with zero attached hydrogens (tertiary/aromatic N) is 3. The Morgan fingerprint density at radius 2 is 1.78 bits per heavy atom. The molecule has 0 saturated heterocycles. The molecule has 7 heteroatoms. The number of ether oxygens (including phenoxy) is 1. The summed E-state index contributed by atoms with van der Waals surface area (Å²) in [5.74, 6) is 0.370. The van der Waals surface area contributed by atoms with Gasteiger partial charge in [-0.15, -0.1) is 10.2 Å². The summed E-state index contributed by atoms with van der Waals surface area (Å²) < 4.78 is 6.52. The summed E-state index contributed by atoms with van der Waals surface area (Å²) in [4.78, 5) is 11.9. The van der Waals surface area contributed by atoms with E-state index in [1.165, 1.54) is 11.7 Å². The van der Waals surface area contributed by atoms with Crippen molar-refractivity contribution in [2.24, 2.45) is 0 Å². The van der Waals surface area contributed by atoms with E-state index in [4.69, 9.17) is 4.74 Å². The molecule has 0 unspecified atom stereocenters. The van der Waals surface area contributed by atoms with Crippen molar-refractivity contribution in [2.45, 2.75) is 0 Å². The third kappa shape index (κ3) is 2.85. The van der Waals surface area contributed by atoms with Crippen molar-refractivity contribution in [2.75, 3.05) is 7.11 Å². The molecule has 0 saturated carbocycles. The summed E-state index contributed by atoms with van der Waals surface area (Å²) in [6.45, 7) is 0. The maximum atomic E-state index is 11.9. The van der Waals surface area contributed by atoms with Crippen LogP contribution in [0.3, 0.4) is 0 Å². The molecule has 4 rings (SSSR count). The lowest BCUT2D eigenvalue weighted by Gasteiger charge is -2.10. The van der Waals surface area contributed by atoms with Gasteiger partial charge >= 0.3 is 6.09 Å². The molecule has 2 N–H and O–H groups in total. The Labute approximate surface area is 154 Å². The van der Waals surface area contributed by atoms with Gasteiger partial charge in [0.2, 0.25) is 5.88 Å². The van der Waals surface area contributed by atoms with E-state index >= 15 is 0 Å². The largest absolute Gasteiger partial charge is 0.508 e. The predicted molar refractivity (Wildman–Crippen MR) is 100 cm³/mol. The first kappa shape index (κ1) is 16.6. The summed E-state index contributed by atoms with van der Waals surface area (Å²) in [6, 6.07) is 17.3. The number of phenols is 1. The lowest BCUT2D eigenvalue weighted by molar-refractivity contribution is 0.198. The summed E-state index contributed by atoms with van der Waals surface area (Å²) in [5, 5.41) is 28.3. The lowest BCUT2D eigenvalue weighted by Crippen LogP contribution is -2.10. The van der Waals surface area contributed by atoms with Crippen LogP contribution in [0.25, 0.3) is 33.4 Å². The monoisotopic (exact) mass is 361 g/mol. The minimum Gasteiger partial charge on any atom is -0.508 e. The molecular weight excluding hydrogens is 346 g/mol. The first-order valence-corrected chi connectivity index (χ1v) is 8.14. The molecule has 2 aromatic heterocycles. The number of carboxylic acid groups (broad SMARTS) is 1. The zero-order valence-electron chi connectivity index (χ0n) is 14.3. The van der Waals surface area contributed by atoms with Crippen LogP contribution in [0.4, 0.5) is 4.79 Å². The molecule has 0 amide bonds. The number of aromatic nitrogens is 3. The lowest BCUT2D eigenvalue weighted by atomic mass is 10.1. The van der Waals surface area contributed by atoms with Crippen LogP contribution in [-0.4, -0.2) is 38.2 Å². The second-order valence-electron chi connectivity index (χ2n) is 5.91. The summed E-state index contributed by atoms with van der Waals surface area (Å²) >= 11 is 0. The zero-order chi connectivity index (χ0) is 19.0. The smallest absolute Gasteiger partial charge is 0.416 e. The number of hydrogen-bond acceptors (Lipinski definition) is 5. The number of para-hydroxylation sites is 1. The van der Waals surface area contributed by atoms with Gasteiger partial charge < -0.3 is 14.9 Å². The Hall–Kier alpha value is -3.87. The fourth-order valence-corrected chi connectivity index (χ4v) is 3.05. The Morgan fingerprint density at radius 3 is 2.48 bits per heavy atom. The molecule has 0 aliphatic carbocycles. The van der Waals surface area contributed by atoms with E-state index in [-0.39, 0.29) is 11.6 Å². The second-order valence-corrected chi connectivity index (χ2v) is 5.91. The molecule has 0 fully saturated rings. The first-order valence-electron chi connectivity index (χ1n) is 8.14. The van der Waals surface area contributed by atoms with Crippen LogP contribution >= 0.6 is 0 Å². The SMILES string of the molecule is COc1nnc(-c2ccc(O)cc2)cc1-c1cc2ccccc2n1C(=O)O. The number of phenolic OH excluding ortho intramolecular Hbond substituents is 1. The van der Waals surface area contributed by atoms with Crippen LogP contribution < -0.4 is 4.74 Å². The van der Waals surface area contributed by atoms with Gasteiger partial charge in [-0.3, -0.25) is 0 Å². The topological polar surface area (TPSA) is 97.5 Å². The average molecular weight is 361 g/mol. The fraction of sp³-hybridized carbons (Fsp3) is 0.0500. The second kappa shape index (κ2) is 6.45. The minimum absolute atomic E-state index is 0.145. The molecule has 0 radical (unpaired) electrons. The maximum absolute atomic E-state index is 11.9. The van der Waals surface area contributed by atoms with Crippen molar-refractivity contribution in [3.8, 4) is 34.1 Å². The Bertz CT molecular complexity index is 1150. The van der Waals surface area contributed by atoms with Gasteiger partial charge in [-0.1, -0.05) is 18.2 Å². The highest BCUT2D eigenvalue weighted by molar-refractivity contribution is 5.96. The van der Waals surface area contributed by atoms with Gasteiger partial charge in [-0.05, 0) is 42.5 Å². The van der Waals surface area contributed by atoms with Gasteiger partial charge in [0.1, 0.15) is 5.75 Å². The molecule has 27 heavy (non-hydrogen) atoms. The molecule has 7 nitrogen and oxygen atoms in total. The Morgan fingerprint density at radius 1 is 1.04 bits per heavy atom. The number of carbonyl (C=O) groups is 1. The first-order chi connectivity index (χ1) is 13.1. The standard InChI is InChI=1S/C20H15N3O4/c1-27-19-15(11-16(21-22-19)12-6-8-14(24)9-7-12)18-10-13-4-2-3-5-17(13)23(18)20(25)26/h2-11,24H,1H3,(H,25,26). The number of rotatable bonds is 3. The van der Waals surface area contributed by atoms with Crippen molar-refractivity contribution in [3.63, 3.8) is 0 Å². The number of hydrogen-bond donors (Lipinski definition) is 2. The molecule has 2 aromatic carbocycles. The van der Waals surface area contributed by atoms with Crippen LogP contribution in [0.15, 0.2) is 60.7 Å². The molecule has 2 heterocycles. The predicted octanol–water partition coefficient (Wildman–Crippen LogP) is 4.01. The number of fused-ring (bicyclic) bond motifs is 1. The van der Waals surface area contributed by atoms with E-state index in [0.29, 0.717) is 22.5 Å². The van der Waals surface area contributed by atoms with E-state index in [9.17, 15) is 15.0 Å². The molecule has 0 spiro atoms. The highest BCUT2D eigenvalue weighted by Crippen LogP contribution is 2.35. The van der Waals surface area contributed by atoms with Gasteiger partial charge in [-0.25, -0.2) is 9.36 Å². The van der Waals surface area contributed by atoms with E-state index in [2.05, 4.69) is 10.2 Å². The van der Waals surface area contributed by atoms with Gasteiger partial charge in [0.15, 0.2) is 0 Å². The highest BCUT2D eigenvalue weighted by atomic mass is 16.5. The normalized spacial score (nSPS) is 10.9. The van der Waals surface area contributed by atoms with Crippen LogP contribution in [0.2, 0.25) is 0 Å². The van der Waals surface area contributed by atoms with Gasteiger partial charge in [0.25, 0.3) is 0 Å². The summed E-state index contributed by atoms with van der Waals surface area (Å²) in [7, 11) is 1.46. The van der Waals surface area contributed by atoms with Gasteiger partial charge in [0.05, 0.1) is 29.6 Å². The van der Waals surface area contributed by atoms with Crippen LogP contribution in [0.1, 0.15) is 0 Å². The Kier molecular flexibility index (Phi) is 3.97. The molecule has 0 aliphatic rings. The van der Waals surface area contributed by atoms with E-state index < -0.39 is 6.09 Å². The quantitative estimate of drug-likeness (QED) is 0.572. The van der Waals surface area contributed by atoms with E-state index in [1.807, 2.05) is 12.1 Å². The van der Waals surface area contributed by atoms with Gasteiger partial charge in [0, 0.05) is 10.9 Å². The molecular formula is C20H15N3O4. The van der Waals surface area contributed by atoms with Crippen LogP contribution in [0.5, 0.6) is 11.6 Å². The molecule has 134 valence electrons.